The smallest absolute Gasteiger partial charge is 0.456 e. The second kappa shape index (κ2) is 7.74. The van der Waals surface area contributed by atoms with Gasteiger partial charge in [0.15, 0.2) is 0 Å². The number of rotatable bonds is 8. The zero-order valence-corrected chi connectivity index (χ0v) is 15.8. The van der Waals surface area contributed by atoms with Crippen LogP contribution < -0.4 is 5.73 Å². The van der Waals surface area contributed by atoms with Crippen LogP contribution in [0.4, 0.5) is 0 Å². The van der Waals surface area contributed by atoms with Gasteiger partial charge in [-0.25, -0.2) is 4.57 Å². The van der Waals surface area contributed by atoms with Crippen molar-refractivity contribution in [1.82, 2.24) is 0 Å². The summed E-state index contributed by atoms with van der Waals surface area (Å²) in [5.74, 6) is 0.805. The van der Waals surface area contributed by atoms with E-state index in [2.05, 4.69) is 9.47 Å². The van der Waals surface area contributed by atoms with Crippen LogP contribution in [0.2, 0.25) is 0 Å². The summed E-state index contributed by atoms with van der Waals surface area (Å²) in [6.45, 7) is 1.46. The molecule has 0 saturated heterocycles. The van der Waals surface area contributed by atoms with Gasteiger partial charge in [-0.15, -0.1) is 4.91 Å². The van der Waals surface area contributed by atoms with Gasteiger partial charge in [0.1, 0.15) is 11.3 Å². The van der Waals surface area contributed by atoms with Gasteiger partial charge in [-0.1, -0.05) is 36.4 Å². The second-order valence-electron chi connectivity index (χ2n) is 6.85. The first-order valence-electron chi connectivity index (χ1n) is 8.47. The van der Waals surface area contributed by atoms with Gasteiger partial charge in [0.25, 0.3) is 0 Å². The van der Waals surface area contributed by atoms with Crippen LogP contribution in [0.15, 0.2) is 64.0 Å². The SMILES string of the molecule is C[C@@](N)(CCc1ccc2oc(-c3ccccc3)cc2c1)COP(=O)(O)N=O. The Labute approximate surface area is 156 Å². The van der Waals surface area contributed by atoms with E-state index in [1.165, 1.54) is 0 Å². The summed E-state index contributed by atoms with van der Waals surface area (Å²) in [7, 11) is -4.45. The lowest BCUT2D eigenvalue weighted by Crippen LogP contribution is -2.41. The molecular formula is C19H21N2O5P. The lowest BCUT2D eigenvalue weighted by atomic mass is 9.95. The molecule has 0 fully saturated rings. The molecule has 2 aromatic carbocycles. The fraction of sp³-hybridized carbons (Fsp3) is 0.263. The Hall–Kier alpha value is -2.31. The number of aryl methyl sites for hydroxylation is 1. The number of nitrogens with two attached hydrogens (primary N) is 1. The van der Waals surface area contributed by atoms with Crippen molar-refractivity contribution in [2.24, 2.45) is 10.7 Å². The number of furan rings is 1. The first kappa shape index (κ1) is 19.5. The van der Waals surface area contributed by atoms with Crippen molar-refractivity contribution in [2.75, 3.05) is 6.61 Å². The van der Waals surface area contributed by atoms with Crippen LogP contribution >= 0.6 is 7.75 Å². The molecule has 0 amide bonds. The van der Waals surface area contributed by atoms with Crippen LogP contribution in [0.3, 0.4) is 0 Å². The van der Waals surface area contributed by atoms with Crippen LogP contribution in [0.25, 0.3) is 22.3 Å². The summed E-state index contributed by atoms with van der Waals surface area (Å²) in [4.78, 5) is 21.4. The molecule has 0 radical (unpaired) electrons. The summed E-state index contributed by atoms with van der Waals surface area (Å²) in [5, 5.41) is 0.992. The Kier molecular flexibility index (Phi) is 5.58. The van der Waals surface area contributed by atoms with E-state index >= 15 is 0 Å². The molecule has 8 heteroatoms. The maximum atomic E-state index is 11.2. The van der Waals surface area contributed by atoms with Gasteiger partial charge in [-0.05, 0) is 43.5 Å². The summed E-state index contributed by atoms with van der Waals surface area (Å²) in [6, 6.07) is 17.8. The molecule has 27 heavy (non-hydrogen) atoms. The number of fused-ring (bicyclic) bond motifs is 1. The van der Waals surface area contributed by atoms with Gasteiger partial charge in [-0.2, -0.15) is 0 Å². The van der Waals surface area contributed by atoms with Gasteiger partial charge in [0.2, 0.25) is 0 Å². The molecule has 1 unspecified atom stereocenters. The number of nitrogens with zero attached hydrogens (tertiary/aromatic N) is 1. The highest BCUT2D eigenvalue weighted by Crippen LogP contribution is 2.43. The second-order valence-corrected chi connectivity index (χ2v) is 8.25. The number of hydrogen-bond donors (Lipinski definition) is 2. The molecule has 3 rings (SSSR count). The highest BCUT2D eigenvalue weighted by atomic mass is 31.2. The van der Waals surface area contributed by atoms with E-state index in [1.54, 1.807) is 6.92 Å². The quantitative estimate of drug-likeness (QED) is 0.429. The van der Waals surface area contributed by atoms with Crippen molar-refractivity contribution >= 4 is 18.7 Å². The fourth-order valence-corrected chi connectivity index (χ4v) is 3.26. The molecule has 0 aliphatic carbocycles. The van der Waals surface area contributed by atoms with Crippen molar-refractivity contribution in [3.8, 4) is 11.3 Å². The fourth-order valence-electron chi connectivity index (χ4n) is 2.75. The van der Waals surface area contributed by atoms with Crippen LogP contribution in [-0.2, 0) is 15.5 Å². The Morgan fingerprint density at radius 2 is 1.96 bits per heavy atom. The van der Waals surface area contributed by atoms with Gasteiger partial charge >= 0.3 is 7.75 Å². The molecule has 0 aliphatic rings. The largest absolute Gasteiger partial charge is 0.487 e. The third-order valence-electron chi connectivity index (χ3n) is 4.29. The minimum absolute atomic E-state index is 0.237. The van der Waals surface area contributed by atoms with Crippen molar-refractivity contribution in [3.05, 3.63) is 65.1 Å². The van der Waals surface area contributed by atoms with Gasteiger partial charge < -0.3 is 15.0 Å². The van der Waals surface area contributed by atoms with Crippen molar-refractivity contribution in [3.63, 3.8) is 0 Å². The lowest BCUT2D eigenvalue weighted by Gasteiger charge is -2.24. The summed E-state index contributed by atoms with van der Waals surface area (Å²) in [6.07, 6.45) is 1.14. The van der Waals surface area contributed by atoms with Crippen molar-refractivity contribution in [2.45, 2.75) is 25.3 Å². The molecule has 0 spiro atoms. The maximum absolute atomic E-state index is 11.2. The minimum Gasteiger partial charge on any atom is -0.456 e. The normalized spacial score (nSPS) is 16.0. The molecule has 2 atom stereocenters. The van der Waals surface area contributed by atoms with Crippen molar-refractivity contribution < 1.29 is 18.4 Å². The third kappa shape index (κ3) is 5.11. The molecule has 142 valence electrons. The molecule has 0 bridgehead atoms. The standard InChI is InChI=1S/C19H21N2O5P/c1-19(20,13-25-27(23,24)21-22)10-9-14-7-8-17-16(11-14)12-18(26-17)15-5-3-2-4-6-15/h2-8,11-12H,9-10,13,20H2,1H3,(H,23,24)/t19-/m1/s1. The Balaban J connectivity index is 1.68. The van der Waals surface area contributed by atoms with Gasteiger partial charge in [-0.3, -0.25) is 4.52 Å². The molecule has 3 N–H and O–H groups in total. The summed E-state index contributed by atoms with van der Waals surface area (Å²) < 4.78 is 21.7. The maximum Gasteiger partial charge on any atom is 0.487 e. The molecule has 1 aromatic heterocycles. The molecule has 3 aromatic rings. The van der Waals surface area contributed by atoms with Crippen molar-refractivity contribution in [1.29, 1.82) is 0 Å². The number of benzene rings is 2. The first-order chi connectivity index (χ1) is 12.8. The van der Waals surface area contributed by atoms with E-state index in [4.69, 9.17) is 15.0 Å². The van der Waals surface area contributed by atoms with E-state index in [1.807, 2.05) is 54.6 Å². The lowest BCUT2D eigenvalue weighted by molar-refractivity contribution is 0.194. The van der Waals surface area contributed by atoms with Crippen LogP contribution in [-0.4, -0.2) is 17.0 Å². The summed E-state index contributed by atoms with van der Waals surface area (Å²) >= 11 is 0. The summed E-state index contributed by atoms with van der Waals surface area (Å²) in [5.41, 5.74) is 8.10. The monoisotopic (exact) mass is 388 g/mol. The van der Waals surface area contributed by atoms with Crippen LogP contribution in [0, 0.1) is 4.91 Å². The van der Waals surface area contributed by atoms with E-state index in [9.17, 15) is 9.47 Å². The van der Waals surface area contributed by atoms with E-state index in [-0.39, 0.29) is 6.61 Å². The predicted octanol–water partition coefficient (Wildman–Crippen LogP) is 4.63. The van der Waals surface area contributed by atoms with Crippen LogP contribution in [0.5, 0.6) is 0 Å². The average molecular weight is 388 g/mol. The number of hydrogen-bond acceptors (Lipinski definition) is 5. The molecule has 1 heterocycles. The molecular weight excluding hydrogens is 367 g/mol. The van der Waals surface area contributed by atoms with E-state index < -0.39 is 13.3 Å². The Bertz CT molecular complexity index is 984. The topological polar surface area (TPSA) is 115 Å². The molecule has 0 saturated carbocycles. The van der Waals surface area contributed by atoms with Crippen LogP contribution in [0.1, 0.15) is 18.9 Å². The highest BCUT2D eigenvalue weighted by molar-refractivity contribution is 7.51. The zero-order valence-electron chi connectivity index (χ0n) is 14.9. The molecule has 0 aliphatic heterocycles. The van der Waals surface area contributed by atoms with Gasteiger partial charge in [0, 0.05) is 21.4 Å². The van der Waals surface area contributed by atoms with Gasteiger partial charge in [0.05, 0.1) is 6.61 Å². The Morgan fingerprint density at radius 3 is 2.67 bits per heavy atom. The highest BCUT2D eigenvalue weighted by Gasteiger charge is 2.27. The third-order valence-corrected chi connectivity index (χ3v) is 4.96. The predicted molar refractivity (Wildman–Crippen MR) is 104 cm³/mol. The number of nitroso groups, excluding NO2 is 1. The minimum atomic E-state index is -4.45. The van der Waals surface area contributed by atoms with E-state index in [0.29, 0.717) is 12.8 Å². The van der Waals surface area contributed by atoms with E-state index in [0.717, 1.165) is 27.9 Å². The Morgan fingerprint density at radius 1 is 1.22 bits per heavy atom. The first-order valence-corrected chi connectivity index (χ1v) is 10.0. The molecule has 7 nitrogen and oxygen atoms in total. The average Bonchev–Trinajstić information content (AvgIpc) is 3.09. The zero-order chi connectivity index (χ0) is 19.5.